The van der Waals surface area contributed by atoms with Gasteiger partial charge in [-0.15, -0.1) is 0 Å². The summed E-state index contributed by atoms with van der Waals surface area (Å²) in [5.74, 6) is -2.68. The van der Waals surface area contributed by atoms with Gasteiger partial charge >= 0.3 is 5.97 Å². The zero-order valence-corrected chi connectivity index (χ0v) is 10.9. The standard InChI is InChI=1S/C13H11FN2O5/c1-20-6-7-5-10(16-21-7)12(17)15-11-8(13(18)19)3-2-4-9(11)14/h2-5H,6H2,1H3,(H,15,17)(H,18,19). The number of amides is 1. The van der Waals surface area contributed by atoms with E-state index < -0.39 is 23.4 Å². The highest BCUT2D eigenvalue weighted by Crippen LogP contribution is 2.20. The number of methoxy groups -OCH3 is 1. The molecule has 0 saturated heterocycles. The SMILES string of the molecule is COCc1cc(C(=O)Nc2c(F)cccc2C(=O)O)no1. The average molecular weight is 294 g/mol. The molecule has 2 rings (SSSR count). The van der Waals surface area contributed by atoms with Crippen molar-refractivity contribution in [2.45, 2.75) is 6.61 Å². The van der Waals surface area contributed by atoms with Crippen molar-refractivity contribution in [3.63, 3.8) is 0 Å². The highest BCUT2D eigenvalue weighted by atomic mass is 19.1. The molecule has 1 aromatic heterocycles. The summed E-state index contributed by atoms with van der Waals surface area (Å²) in [4.78, 5) is 22.9. The molecule has 1 aromatic carbocycles. The van der Waals surface area contributed by atoms with Crippen LogP contribution in [0.2, 0.25) is 0 Å². The van der Waals surface area contributed by atoms with E-state index in [0.717, 1.165) is 6.07 Å². The van der Waals surface area contributed by atoms with Crippen molar-refractivity contribution in [3.05, 3.63) is 47.1 Å². The molecule has 0 spiro atoms. The first-order chi connectivity index (χ1) is 10.0. The normalized spacial score (nSPS) is 10.4. The molecule has 2 N–H and O–H groups in total. The third-order valence-corrected chi connectivity index (χ3v) is 2.56. The van der Waals surface area contributed by atoms with Crippen molar-refractivity contribution in [2.24, 2.45) is 0 Å². The molecule has 2 aromatic rings. The molecule has 0 aliphatic heterocycles. The van der Waals surface area contributed by atoms with Gasteiger partial charge in [0, 0.05) is 13.2 Å². The van der Waals surface area contributed by atoms with Crippen molar-refractivity contribution in [1.82, 2.24) is 5.16 Å². The van der Waals surface area contributed by atoms with Gasteiger partial charge < -0.3 is 19.7 Å². The number of hydrogen-bond acceptors (Lipinski definition) is 5. The van der Waals surface area contributed by atoms with Gasteiger partial charge in [0.05, 0.1) is 11.3 Å². The molecule has 0 atom stereocenters. The molecule has 21 heavy (non-hydrogen) atoms. The number of nitrogens with zero attached hydrogens (tertiary/aromatic N) is 1. The van der Waals surface area contributed by atoms with Crippen molar-refractivity contribution in [2.75, 3.05) is 12.4 Å². The lowest BCUT2D eigenvalue weighted by Gasteiger charge is -2.07. The van der Waals surface area contributed by atoms with Crippen molar-refractivity contribution >= 4 is 17.6 Å². The summed E-state index contributed by atoms with van der Waals surface area (Å²) in [6.07, 6.45) is 0. The summed E-state index contributed by atoms with van der Waals surface area (Å²) in [5.41, 5.74) is -0.892. The number of carbonyl (C=O) groups is 2. The van der Waals surface area contributed by atoms with Gasteiger partial charge in [0.25, 0.3) is 5.91 Å². The number of carboxylic acid groups (broad SMARTS) is 1. The van der Waals surface area contributed by atoms with Crippen molar-refractivity contribution in [3.8, 4) is 0 Å². The number of nitrogens with one attached hydrogen (secondary N) is 1. The largest absolute Gasteiger partial charge is 0.478 e. The van der Waals surface area contributed by atoms with Gasteiger partial charge in [-0.1, -0.05) is 11.2 Å². The number of benzene rings is 1. The summed E-state index contributed by atoms with van der Waals surface area (Å²) in [6.45, 7) is 0.125. The van der Waals surface area contributed by atoms with Crippen LogP contribution in [0.15, 0.2) is 28.8 Å². The number of halogens is 1. The fraction of sp³-hybridized carbons (Fsp3) is 0.154. The molecule has 7 nitrogen and oxygen atoms in total. The van der Waals surface area contributed by atoms with E-state index in [-0.39, 0.29) is 17.9 Å². The predicted molar refractivity (Wildman–Crippen MR) is 68.5 cm³/mol. The molecule has 0 bridgehead atoms. The second kappa shape index (κ2) is 6.14. The van der Waals surface area contributed by atoms with Gasteiger partial charge in [0.1, 0.15) is 12.4 Å². The Labute approximate surface area is 118 Å². The highest BCUT2D eigenvalue weighted by molar-refractivity contribution is 6.06. The third-order valence-electron chi connectivity index (χ3n) is 2.56. The van der Waals surface area contributed by atoms with Crippen LogP contribution < -0.4 is 5.32 Å². The monoisotopic (exact) mass is 294 g/mol. The quantitative estimate of drug-likeness (QED) is 0.873. The van der Waals surface area contributed by atoms with Crippen LogP contribution >= 0.6 is 0 Å². The van der Waals surface area contributed by atoms with Crippen LogP contribution in [0.5, 0.6) is 0 Å². The second-order valence-corrected chi connectivity index (χ2v) is 4.03. The van der Waals surface area contributed by atoms with Crippen LogP contribution in [0.4, 0.5) is 10.1 Å². The van der Waals surface area contributed by atoms with Crippen LogP contribution in [0.3, 0.4) is 0 Å². The second-order valence-electron chi connectivity index (χ2n) is 4.03. The Bertz CT molecular complexity index is 683. The molecule has 0 unspecified atom stereocenters. The summed E-state index contributed by atoms with van der Waals surface area (Å²) < 4.78 is 23.3. The van der Waals surface area contributed by atoms with Gasteiger partial charge in [0.15, 0.2) is 11.5 Å². The molecule has 1 heterocycles. The van der Waals surface area contributed by atoms with Gasteiger partial charge in [0.2, 0.25) is 0 Å². The molecule has 0 aliphatic carbocycles. The van der Waals surface area contributed by atoms with E-state index in [1.54, 1.807) is 0 Å². The fourth-order valence-electron chi connectivity index (χ4n) is 1.64. The van der Waals surface area contributed by atoms with E-state index in [2.05, 4.69) is 10.5 Å². The number of aromatic nitrogens is 1. The van der Waals surface area contributed by atoms with Crippen molar-refractivity contribution < 1.29 is 28.3 Å². The molecule has 110 valence electrons. The number of rotatable bonds is 5. The number of anilines is 1. The summed E-state index contributed by atoms with van der Waals surface area (Å²) in [5, 5.41) is 14.7. The zero-order chi connectivity index (χ0) is 15.4. The number of ether oxygens (including phenoxy) is 1. The van der Waals surface area contributed by atoms with E-state index in [1.165, 1.54) is 25.3 Å². The maximum absolute atomic E-state index is 13.7. The fourth-order valence-corrected chi connectivity index (χ4v) is 1.64. The van der Waals surface area contributed by atoms with E-state index in [4.69, 9.17) is 14.4 Å². The first-order valence-corrected chi connectivity index (χ1v) is 5.80. The molecular formula is C13H11FN2O5. The third kappa shape index (κ3) is 3.23. The van der Waals surface area contributed by atoms with Crippen LogP contribution in [0.1, 0.15) is 26.6 Å². The first-order valence-electron chi connectivity index (χ1n) is 5.80. The minimum atomic E-state index is -1.36. The van der Waals surface area contributed by atoms with Gasteiger partial charge in [-0.2, -0.15) is 0 Å². The van der Waals surface area contributed by atoms with Crippen molar-refractivity contribution in [1.29, 1.82) is 0 Å². The van der Waals surface area contributed by atoms with E-state index in [0.29, 0.717) is 5.76 Å². The zero-order valence-electron chi connectivity index (χ0n) is 10.9. The van der Waals surface area contributed by atoms with E-state index in [9.17, 15) is 14.0 Å². The smallest absolute Gasteiger partial charge is 0.337 e. The van der Waals surface area contributed by atoms with Gasteiger partial charge in [-0.3, -0.25) is 4.79 Å². The van der Waals surface area contributed by atoms with Crippen LogP contribution in [0.25, 0.3) is 0 Å². The Morgan fingerprint density at radius 1 is 1.48 bits per heavy atom. The lowest BCUT2D eigenvalue weighted by Crippen LogP contribution is -2.16. The Balaban J connectivity index is 2.25. The minimum Gasteiger partial charge on any atom is -0.478 e. The molecule has 0 saturated carbocycles. The Hall–Kier alpha value is -2.74. The number of para-hydroxylation sites is 1. The highest BCUT2D eigenvalue weighted by Gasteiger charge is 2.19. The number of aromatic carboxylic acids is 1. The lowest BCUT2D eigenvalue weighted by atomic mass is 10.1. The molecule has 1 amide bonds. The summed E-state index contributed by atoms with van der Waals surface area (Å²) >= 11 is 0. The Morgan fingerprint density at radius 3 is 2.90 bits per heavy atom. The molecule has 8 heteroatoms. The van der Waals surface area contributed by atoms with Crippen LogP contribution in [0, 0.1) is 5.82 Å². The molecule has 0 aliphatic rings. The van der Waals surface area contributed by atoms with E-state index >= 15 is 0 Å². The molecule has 0 radical (unpaired) electrons. The van der Waals surface area contributed by atoms with Gasteiger partial charge in [-0.25, -0.2) is 9.18 Å². The summed E-state index contributed by atoms with van der Waals surface area (Å²) in [7, 11) is 1.45. The maximum atomic E-state index is 13.7. The average Bonchev–Trinajstić information content (AvgIpc) is 2.90. The number of carbonyl (C=O) groups excluding carboxylic acids is 1. The topological polar surface area (TPSA) is 102 Å². The summed E-state index contributed by atoms with van der Waals surface area (Å²) in [6, 6.07) is 4.78. The van der Waals surface area contributed by atoms with Crippen LogP contribution in [-0.2, 0) is 11.3 Å². The Morgan fingerprint density at radius 2 is 2.24 bits per heavy atom. The van der Waals surface area contributed by atoms with Gasteiger partial charge in [-0.05, 0) is 12.1 Å². The Kier molecular flexibility index (Phi) is 4.29. The predicted octanol–water partition coefficient (Wildman–Crippen LogP) is 1.91. The first kappa shape index (κ1) is 14.7. The van der Waals surface area contributed by atoms with Crippen LogP contribution in [-0.4, -0.2) is 29.2 Å². The molecule has 0 fully saturated rings. The number of carboxylic acids is 1. The lowest BCUT2D eigenvalue weighted by molar-refractivity contribution is 0.0697. The minimum absolute atomic E-state index is 0.110. The maximum Gasteiger partial charge on any atom is 0.337 e. The number of hydrogen-bond donors (Lipinski definition) is 2. The molecular weight excluding hydrogens is 283 g/mol. The van der Waals surface area contributed by atoms with E-state index in [1.807, 2.05) is 0 Å².